The number of anilines is 1. The average Bonchev–Trinajstić information content (AvgIpc) is 2.53. The topological polar surface area (TPSA) is 67.4 Å². The van der Waals surface area contributed by atoms with Gasteiger partial charge in [-0.3, -0.25) is 9.59 Å². The third-order valence-corrected chi connectivity index (χ3v) is 4.90. The number of nitrogens with one attached hydrogen (secondary N) is 2. The minimum absolute atomic E-state index is 0.200. The van der Waals surface area contributed by atoms with Crippen LogP contribution in [0.3, 0.4) is 0 Å². The van der Waals surface area contributed by atoms with Crippen LogP contribution in [0.25, 0.3) is 0 Å². The first-order chi connectivity index (χ1) is 12.0. The van der Waals surface area contributed by atoms with Crippen LogP contribution in [-0.4, -0.2) is 17.5 Å². The van der Waals surface area contributed by atoms with E-state index in [4.69, 9.17) is 4.74 Å². The second-order valence-electron chi connectivity index (χ2n) is 7.01. The predicted molar refractivity (Wildman–Crippen MR) is 94.3 cm³/mol. The number of piperidine rings is 1. The fraction of sp³-hybridized carbons (Fsp3) is 0.300. The van der Waals surface area contributed by atoms with E-state index in [0.29, 0.717) is 12.1 Å². The van der Waals surface area contributed by atoms with Gasteiger partial charge < -0.3 is 15.4 Å². The van der Waals surface area contributed by atoms with Crippen molar-refractivity contribution in [1.29, 1.82) is 0 Å². The summed E-state index contributed by atoms with van der Waals surface area (Å²) < 4.78 is 5.96. The van der Waals surface area contributed by atoms with Gasteiger partial charge in [-0.05, 0) is 43.2 Å². The Hall–Kier alpha value is -2.82. The normalized spacial score (nSPS) is 26.9. The zero-order chi connectivity index (χ0) is 17.6. The molecule has 2 aliphatic rings. The third-order valence-electron chi connectivity index (χ3n) is 4.90. The van der Waals surface area contributed by atoms with Gasteiger partial charge in [0.15, 0.2) is 5.72 Å². The Labute approximate surface area is 146 Å². The molecule has 2 N–H and O–H groups in total. The zero-order valence-corrected chi connectivity index (χ0v) is 14.2. The lowest BCUT2D eigenvalue weighted by Gasteiger charge is -2.46. The number of fused-ring (bicyclic) bond motifs is 4. The van der Waals surface area contributed by atoms with Crippen LogP contribution >= 0.6 is 0 Å². The summed E-state index contributed by atoms with van der Waals surface area (Å²) in [6.07, 6.45) is 0.571. The van der Waals surface area contributed by atoms with Crippen LogP contribution in [0.2, 0.25) is 0 Å². The molecule has 4 rings (SSSR count). The highest BCUT2D eigenvalue weighted by molar-refractivity contribution is 6.08. The van der Waals surface area contributed by atoms with Crippen LogP contribution in [0.5, 0.6) is 5.75 Å². The lowest BCUT2D eigenvalue weighted by Crippen LogP contribution is -2.62. The van der Waals surface area contributed by atoms with E-state index in [-0.39, 0.29) is 17.7 Å². The molecule has 128 valence electrons. The van der Waals surface area contributed by atoms with E-state index in [9.17, 15) is 9.59 Å². The Bertz CT molecular complexity index is 864. The zero-order valence-electron chi connectivity index (χ0n) is 14.2. The van der Waals surface area contributed by atoms with Gasteiger partial charge in [0.05, 0.1) is 0 Å². The molecule has 2 bridgehead atoms. The van der Waals surface area contributed by atoms with Crippen LogP contribution in [0.1, 0.15) is 30.4 Å². The van der Waals surface area contributed by atoms with Gasteiger partial charge in [-0.25, -0.2) is 0 Å². The van der Waals surface area contributed by atoms with Gasteiger partial charge in [0.1, 0.15) is 11.7 Å². The van der Waals surface area contributed by atoms with E-state index in [0.717, 1.165) is 16.9 Å². The summed E-state index contributed by atoms with van der Waals surface area (Å²) in [7, 11) is 0. The molecule has 3 atom stereocenters. The van der Waals surface area contributed by atoms with Gasteiger partial charge in [0.25, 0.3) is 0 Å². The number of para-hydroxylation sites is 1. The molecule has 25 heavy (non-hydrogen) atoms. The summed E-state index contributed by atoms with van der Waals surface area (Å²) >= 11 is 0. The first-order valence-corrected chi connectivity index (χ1v) is 8.43. The Morgan fingerprint density at radius 3 is 2.84 bits per heavy atom. The lowest BCUT2D eigenvalue weighted by molar-refractivity contribution is -0.145. The Kier molecular flexibility index (Phi) is 3.53. The van der Waals surface area contributed by atoms with E-state index in [1.807, 2.05) is 62.4 Å². The van der Waals surface area contributed by atoms with Crippen LogP contribution in [-0.2, 0) is 9.59 Å². The number of hydrogen-bond donors (Lipinski definition) is 2. The standard InChI is InChI=1S/C20H20N2O3/c1-12-6-5-7-13(10-12)21-18(23)17-15-11-20(2,22-19(17)24)25-16-9-4-3-8-14(15)16/h3-10,15,17H,11H2,1-2H3,(H,21,23)(H,22,24)/t15-,17-,20-/m0/s1. The molecule has 0 aromatic heterocycles. The number of carbonyl (C=O) groups excluding carboxylic acids is 2. The molecule has 2 amide bonds. The van der Waals surface area contributed by atoms with Crippen LogP contribution in [0.4, 0.5) is 5.69 Å². The van der Waals surface area contributed by atoms with Crippen molar-refractivity contribution in [2.45, 2.75) is 31.9 Å². The molecule has 2 heterocycles. The van der Waals surface area contributed by atoms with Crippen molar-refractivity contribution in [3.05, 3.63) is 59.7 Å². The van der Waals surface area contributed by atoms with Gasteiger partial charge in [-0.1, -0.05) is 30.3 Å². The first kappa shape index (κ1) is 15.7. The molecule has 2 aliphatic heterocycles. The molecule has 2 aromatic carbocycles. The number of hydrogen-bond acceptors (Lipinski definition) is 3. The number of benzene rings is 2. The van der Waals surface area contributed by atoms with Crippen LogP contribution in [0.15, 0.2) is 48.5 Å². The summed E-state index contributed by atoms with van der Waals surface area (Å²) in [5, 5.41) is 5.76. The fourth-order valence-electron chi connectivity index (χ4n) is 3.83. The smallest absolute Gasteiger partial charge is 0.237 e. The van der Waals surface area contributed by atoms with Crippen molar-refractivity contribution in [3.63, 3.8) is 0 Å². The number of carbonyl (C=O) groups is 2. The molecular weight excluding hydrogens is 316 g/mol. The van der Waals surface area contributed by atoms with Crippen LogP contribution in [0, 0.1) is 12.8 Å². The van der Waals surface area contributed by atoms with Gasteiger partial charge in [0, 0.05) is 18.0 Å². The maximum atomic E-state index is 12.9. The van der Waals surface area contributed by atoms with Crippen molar-refractivity contribution in [2.75, 3.05) is 5.32 Å². The summed E-state index contributed by atoms with van der Waals surface area (Å²) in [4.78, 5) is 25.6. The van der Waals surface area contributed by atoms with Gasteiger partial charge >= 0.3 is 0 Å². The second-order valence-corrected chi connectivity index (χ2v) is 7.01. The average molecular weight is 336 g/mol. The van der Waals surface area contributed by atoms with Crippen molar-refractivity contribution in [3.8, 4) is 5.75 Å². The fourth-order valence-corrected chi connectivity index (χ4v) is 3.83. The predicted octanol–water partition coefficient (Wildman–Crippen LogP) is 2.96. The molecule has 5 nitrogen and oxygen atoms in total. The second kappa shape index (κ2) is 5.62. The molecule has 2 aromatic rings. The molecule has 0 saturated carbocycles. The Balaban J connectivity index is 1.67. The summed E-state index contributed by atoms with van der Waals surface area (Å²) in [6, 6.07) is 15.2. The highest BCUT2D eigenvalue weighted by Crippen LogP contribution is 2.46. The SMILES string of the molecule is Cc1cccc(NC(=O)[C@H]2C(=O)N[C@]3(C)C[C@H]2c2ccccc2O3)c1. The molecular formula is C20H20N2O3. The number of rotatable bonds is 2. The lowest BCUT2D eigenvalue weighted by atomic mass is 9.74. The largest absolute Gasteiger partial charge is 0.468 e. The molecule has 0 unspecified atom stereocenters. The number of ether oxygens (including phenoxy) is 1. The quantitative estimate of drug-likeness (QED) is 0.829. The number of amides is 2. The van der Waals surface area contributed by atoms with E-state index >= 15 is 0 Å². The third kappa shape index (κ3) is 2.76. The van der Waals surface area contributed by atoms with Crippen molar-refractivity contribution < 1.29 is 14.3 Å². The van der Waals surface area contributed by atoms with E-state index in [1.165, 1.54) is 0 Å². The highest BCUT2D eigenvalue weighted by Gasteiger charge is 2.51. The maximum absolute atomic E-state index is 12.9. The minimum Gasteiger partial charge on any atom is -0.468 e. The monoisotopic (exact) mass is 336 g/mol. The molecule has 0 aliphatic carbocycles. The summed E-state index contributed by atoms with van der Waals surface area (Å²) in [6.45, 7) is 3.81. The minimum atomic E-state index is -0.779. The van der Waals surface area contributed by atoms with Gasteiger partial charge in [-0.2, -0.15) is 0 Å². The van der Waals surface area contributed by atoms with E-state index in [1.54, 1.807) is 0 Å². The van der Waals surface area contributed by atoms with E-state index in [2.05, 4.69) is 10.6 Å². The molecule has 1 fully saturated rings. The van der Waals surface area contributed by atoms with E-state index < -0.39 is 11.6 Å². The molecule has 0 radical (unpaired) electrons. The summed E-state index contributed by atoms with van der Waals surface area (Å²) in [5.41, 5.74) is 1.90. The molecule has 1 saturated heterocycles. The molecule has 5 heteroatoms. The maximum Gasteiger partial charge on any atom is 0.237 e. The van der Waals surface area contributed by atoms with Crippen molar-refractivity contribution >= 4 is 17.5 Å². The van der Waals surface area contributed by atoms with Crippen molar-refractivity contribution in [2.24, 2.45) is 5.92 Å². The highest BCUT2D eigenvalue weighted by atomic mass is 16.5. The Morgan fingerprint density at radius 1 is 1.24 bits per heavy atom. The van der Waals surface area contributed by atoms with Gasteiger partial charge in [-0.15, -0.1) is 0 Å². The Morgan fingerprint density at radius 2 is 2.04 bits per heavy atom. The van der Waals surface area contributed by atoms with Crippen molar-refractivity contribution in [1.82, 2.24) is 5.32 Å². The first-order valence-electron chi connectivity index (χ1n) is 8.43. The van der Waals surface area contributed by atoms with Gasteiger partial charge in [0.2, 0.25) is 11.8 Å². The number of aryl methyl sites for hydroxylation is 1. The summed E-state index contributed by atoms with van der Waals surface area (Å²) in [5.74, 6) is -0.827. The molecule has 0 spiro atoms. The van der Waals surface area contributed by atoms with Crippen LogP contribution < -0.4 is 15.4 Å².